The van der Waals surface area contributed by atoms with Crippen LogP contribution in [0, 0.1) is 0 Å². The predicted octanol–water partition coefficient (Wildman–Crippen LogP) is -0.911. The summed E-state index contributed by atoms with van der Waals surface area (Å²) in [7, 11) is 0. The Bertz CT molecular complexity index is 392. The first-order chi connectivity index (χ1) is 8.09. The highest BCUT2D eigenvalue weighted by Gasteiger charge is 2.04. The van der Waals surface area contributed by atoms with Crippen molar-refractivity contribution in [2.75, 3.05) is 25.1 Å². The maximum atomic E-state index is 10.5. The molecule has 0 radical (unpaired) electrons. The van der Waals surface area contributed by atoms with Crippen LogP contribution < -0.4 is 11.1 Å². The molecule has 0 aliphatic carbocycles. The maximum absolute atomic E-state index is 10.5. The fourth-order valence-electron chi connectivity index (χ4n) is 0.965. The van der Waals surface area contributed by atoms with Crippen molar-refractivity contribution >= 4 is 17.7 Å². The number of hydrogen-bond donors (Lipinski definition) is 3. The standard InChI is InChI=1S/C9H12N4O4/c10-7(14)5-17-4-3-11-8-2-1-6(9(15)16)12-13-8/h1-2H,3-5H2,(H2,10,14)(H,11,13)(H,15,16). The lowest BCUT2D eigenvalue weighted by atomic mass is 10.4. The highest BCUT2D eigenvalue weighted by atomic mass is 16.5. The van der Waals surface area contributed by atoms with Crippen LogP contribution in [0.2, 0.25) is 0 Å². The second kappa shape index (κ2) is 6.38. The van der Waals surface area contributed by atoms with Gasteiger partial charge in [-0.25, -0.2) is 4.79 Å². The van der Waals surface area contributed by atoms with Gasteiger partial charge in [0.25, 0.3) is 0 Å². The molecule has 0 fully saturated rings. The van der Waals surface area contributed by atoms with Crippen molar-refractivity contribution in [3.05, 3.63) is 17.8 Å². The van der Waals surface area contributed by atoms with Gasteiger partial charge in [0.05, 0.1) is 6.61 Å². The number of nitrogens with two attached hydrogens (primary N) is 1. The van der Waals surface area contributed by atoms with Crippen LogP contribution in [0.4, 0.5) is 5.82 Å². The van der Waals surface area contributed by atoms with Gasteiger partial charge in [-0.05, 0) is 12.1 Å². The summed E-state index contributed by atoms with van der Waals surface area (Å²) in [5.41, 5.74) is 4.74. The Morgan fingerprint density at radius 3 is 2.71 bits per heavy atom. The molecule has 8 nitrogen and oxygen atoms in total. The lowest BCUT2D eigenvalue weighted by Gasteiger charge is -2.04. The zero-order valence-electron chi connectivity index (χ0n) is 8.92. The third-order valence-corrected chi connectivity index (χ3v) is 1.68. The maximum Gasteiger partial charge on any atom is 0.356 e. The first-order valence-electron chi connectivity index (χ1n) is 4.76. The molecule has 0 atom stereocenters. The molecule has 1 amide bonds. The van der Waals surface area contributed by atoms with Gasteiger partial charge >= 0.3 is 5.97 Å². The average Bonchev–Trinajstić information content (AvgIpc) is 2.29. The number of nitrogens with one attached hydrogen (secondary N) is 1. The van der Waals surface area contributed by atoms with E-state index in [2.05, 4.69) is 15.5 Å². The van der Waals surface area contributed by atoms with Gasteiger partial charge in [-0.15, -0.1) is 10.2 Å². The number of primary amides is 1. The van der Waals surface area contributed by atoms with E-state index in [1.54, 1.807) is 0 Å². The van der Waals surface area contributed by atoms with Crippen molar-refractivity contribution in [3.8, 4) is 0 Å². The molecular formula is C9H12N4O4. The lowest BCUT2D eigenvalue weighted by molar-refractivity contribution is -0.122. The number of hydrogen-bond acceptors (Lipinski definition) is 6. The molecule has 1 heterocycles. The van der Waals surface area contributed by atoms with Crippen molar-refractivity contribution in [1.29, 1.82) is 0 Å². The number of carbonyl (C=O) groups excluding carboxylic acids is 1. The molecular weight excluding hydrogens is 228 g/mol. The van der Waals surface area contributed by atoms with E-state index in [0.29, 0.717) is 12.4 Å². The molecule has 0 bridgehead atoms. The number of aromatic carboxylic acids is 1. The molecule has 0 spiro atoms. The molecule has 0 saturated heterocycles. The van der Waals surface area contributed by atoms with E-state index in [1.807, 2.05) is 0 Å². The normalized spacial score (nSPS) is 9.88. The third kappa shape index (κ3) is 4.89. The van der Waals surface area contributed by atoms with Gasteiger partial charge in [-0.2, -0.15) is 0 Å². The summed E-state index contributed by atoms with van der Waals surface area (Å²) in [6, 6.07) is 2.83. The number of ether oxygens (including phenoxy) is 1. The van der Waals surface area contributed by atoms with E-state index in [1.165, 1.54) is 12.1 Å². The molecule has 0 aromatic carbocycles. The average molecular weight is 240 g/mol. The summed E-state index contributed by atoms with van der Waals surface area (Å²) in [6.45, 7) is 0.561. The Hall–Kier alpha value is -2.22. The minimum Gasteiger partial charge on any atom is -0.476 e. The number of nitrogens with zero attached hydrogens (tertiary/aromatic N) is 2. The molecule has 0 aliphatic rings. The predicted molar refractivity (Wildman–Crippen MR) is 57.5 cm³/mol. The van der Waals surface area contributed by atoms with Crippen molar-refractivity contribution in [3.63, 3.8) is 0 Å². The van der Waals surface area contributed by atoms with Gasteiger partial charge in [0, 0.05) is 6.54 Å². The molecule has 1 aromatic heterocycles. The molecule has 4 N–H and O–H groups in total. The van der Waals surface area contributed by atoms with Crippen LogP contribution in [0.1, 0.15) is 10.5 Å². The topological polar surface area (TPSA) is 127 Å². The third-order valence-electron chi connectivity index (χ3n) is 1.68. The monoisotopic (exact) mass is 240 g/mol. The first kappa shape index (κ1) is 12.8. The Balaban J connectivity index is 2.27. The first-order valence-corrected chi connectivity index (χ1v) is 4.76. The summed E-state index contributed by atoms with van der Waals surface area (Å²) >= 11 is 0. The number of carboxylic acids is 1. The summed E-state index contributed by atoms with van der Waals surface area (Å²) in [5, 5.41) is 18.5. The van der Waals surface area contributed by atoms with Crippen LogP contribution in [0.5, 0.6) is 0 Å². The van der Waals surface area contributed by atoms with Gasteiger partial charge in [0.1, 0.15) is 12.4 Å². The Kier molecular flexibility index (Phi) is 4.82. The summed E-state index contributed by atoms with van der Waals surface area (Å²) < 4.78 is 4.90. The lowest BCUT2D eigenvalue weighted by Crippen LogP contribution is -2.20. The van der Waals surface area contributed by atoms with Crippen molar-refractivity contribution in [2.24, 2.45) is 5.73 Å². The van der Waals surface area contributed by atoms with Gasteiger partial charge in [0.15, 0.2) is 5.69 Å². The van der Waals surface area contributed by atoms with Gasteiger partial charge in [0.2, 0.25) is 5.91 Å². The van der Waals surface area contributed by atoms with E-state index in [9.17, 15) is 9.59 Å². The number of anilines is 1. The smallest absolute Gasteiger partial charge is 0.356 e. The second-order valence-electron chi connectivity index (χ2n) is 3.05. The molecule has 0 aliphatic heterocycles. The minimum atomic E-state index is -1.13. The Morgan fingerprint density at radius 2 is 2.18 bits per heavy atom. The van der Waals surface area contributed by atoms with Gasteiger partial charge < -0.3 is 20.9 Å². The fraction of sp³-hybridized carbons (Fsp3) is 0.333. The Morgan fingerprint density at radius 1 is 1.41 bits per heavy atom. The van der Waals surface area contributed by atoms with Crippen molar-refractivity contribution < 1.29 is 19.4 Å². The largest absolute Gasteiger partial charge is 0.476 e. The Labute approximate surface area is 96.8 Å². The molecule has 1 aromatic rings. The number of carboxylic acid groups (broad SMARTS) is 1. The molecule has 17 heavy (non-hydrogen) atoms. The quantitative estimate of drug-likeness (QED) is 0.526. The zero-order valence-corrected chi connectivity index (χ0v) is 8.92. The van der Waals surface area contributed by atoms with Crippen LogP contribution in [-0.2, 0) is 9.53 Å². The zero-order chi connectivity index (χ0) is 12.7. The molecule has 0 saturated carbocycles. The van der Waals surface area contributed by atoms with E-state index in [4.69, 9.17) is 15.6 Å². The van der Waals surface area contributed by atoms with Gasteiger partial charge in [-0.3, -0.25) is 4.79 Å². The van der Waals surface area contributed by atoms with E-state index < -0.39 is 11.9 Å². The van der Waals surface area contributed by atoms with E-state index >= 15 is 0 Å². The highest BCUT2D eigenvalue weighted by molar-refractivity contribution is 5.85. The molecule has 0 unspecified atom stereocenters. The van der Waals surface area contributed by atoms with Crippen LogP contribution in [0.3, 0.4) is 0 Å². The second-order valence-corrected chi connectivity index (χ2v) is 3.05. The number of rotatable bonds is 7. The van der Waals surface area contributed by atoms with Gasteiger partial charge in [-0.1, -0.05) is 0 Å². The number of amides is 1. The van der Waals surface area contributed by atoms with E-state index in [0.717, 1.165) is 0 Å². The fourth-order valence-corrected chi connectivity index (χ4v) is 0.965. The van der Waals surface area contributed by atoms with Crippen LogP contribution >= 0.6 is 0 Å². The molecule has 8 heteroatoms. The van der Waals surface area contributed by atoms with Crippen LogP contribution in [0.15, 0.2) is 12.1 Å². The summed E-state index contributed by atoms with van der Waals surface area (Å²) in [6.07, 6.45) is 0. The van der Waals surface area contributed by atoms with Crippen molar-refractivity contribution in [1.82, 2.24) is 10.2 Å². The SMILES string of the molecule is NC(=O)COCCNc1ccc(C(=O)O)nn1. The van der Waals surface area contributed by atoms with Crippen molar-refractivity contribution in [2.45, 2.75) is 0 Å². The number of carbonyl (C=O) groups is 2. The van der Waals surface area contributed by atoms with Crippen LogP contribution in [-0.4, -0.2) is 46.9 Å². The molecule has 1 rings (SSSR count). The number of aromatic nitrogens is 2. The molecule has 92 valence electrons. The minimum absolute atomic E-state index is 0.125. The summed E-state index contributed by atoms with van der Waals surface area (Å²) in [5.74, 6) is -1.23. The summed E-state index contributed by atoms with van der Waals surface area (Å²) in [4.78, 5) is 20.8. The van der Waals surface area contributed by atoms with E-state index in [-0.39, 0.29) is 18.9 Å². The highest BCUT2D eigenvalue weighted by Crippen LogP contribution is 2.01. The van der Waals surface area contributed by atoms with Crippen LogP contribution in [0.25, 0.3) is 0 Å².